The molecule has 2 aromatic carbocycles. The third-order valence-corrected chi connectivity index (χ3v) is 3.26. The predicted molar refractivity (Wildman–Crippen MR) is 90.2 cm³/mol. The molecule has 2 atom stereocenters. The largest absolute Gasteiger partial charge is 0.508 e. The highest BCUT2D eigenvalue weighted by atomic mass is 35.5. The Labute approximate surface area is 141 Å². The van der Waals surface area contributed by atoms with Gasteiger partial charge in [-0.2, -0.15) is 0 Å². The van der Waals surface area contributed by atoms with Gasteiger partial charge < -0.3 is 19.3 Å². The lowest BCUT2D eigenvalue weighted by Crippen LogP contribution is -2.03. The zero-order valence-corrected chi connectivity index (χ0v) is 13.6. The van der Waals surface area contributed by atoms with Crippen LogP contribution in [0.15, 0.2) is 60.7 Å². The van der Waals surface area contributed by atoms with Gasteiger partial charge in [0.25, 0.3) is 0 Å². The molecule has 4 rings (SSSR count). The summed E-state index contributed by atoms with van der Waals surface area (Å²) in [6.45, 7) is 2.42. The lowest BCUT2D eigenvalue weighted by Gasteiger charge is -2.01. The molecule has 5 heteroatoms. The second-order valence-electron chi connectivity index (χ2n) is 5.02. The van der Waals surface area contributed by atoms with Gasteiger partial charge in [0.05, 0.1) is 25.2 Å². The van der Waals surface area contributed by atoms with Crippen LogP contribution in [-0.2, 0) is 9.47 Å². The molecule has 0 aromatic heterocycles. The van der Waals surface area contributed by atoms with Gasteiger partial charge in [0.1, 0.15) is 24.2 Å². The number of ether oxygens (including phenoxy) is 3. The molecule has 0 amide bonds. The molecule has 2 unspecified atom stereocenters. The van der Waals surface area contributed by atoms with E-state index < -0.39 is 0 Å². The van der Waals surface area contributed by atoms with E-state index in [2.05, 4.69) is 0 Å². The van der Waals surface area contributed by atoms with Gasteiger partial charge in [0.15, 0.2) is 0 Å². The predicted octanol–water partition coefficient (Wildman–Crippen LogP) is 3.48. The van der Waals surface area contributed by atoms with Crippen LogP contribution in [0.4, 0.5) is 0 Å². The van der Waals surface area contributed by atoms with E-state index >= 15 is 0 Å². The fraction of sp³-hybridized carbons (Fsp3) is 0.333. The van der Waals surface area contributed by atoms with Crippen molar-refractivity contribution in [3.8, 4) is 11.5 Å². The van der Waals surface area contributed by atoms with Crippen LogP contribution >= 0.6 is 11.6 Å². The van der Waals surface area contributed by atoms with Crippen molar-refractivity contribution in [1.82, 2.24) is 0 Å². The monoisotopic (exact) mass is 336 g/mol. The van der Waals surface area contributed by atoms with Gasteiger partial charge in [-0.25, -0.2) is 0 Å². The summed E-state index contributed by atoms with van der Waals surface area (Å²) in [5, 5.41) is 8.63. The van der Waals surface area contributed by atoms with Gasteiger partial charge in [0.2, 0.25) is 0 Å². The first-order chi connectivity index (χ1) is 11.3. The maximum Gasteiger partial charge on any atom is 0.119 e. The average Bonchev–Trinajstić information content (AvgIpc) is 3.50. The van der Waals surface area contributed by atoms with Crippen molar-refractivity contribution in [2.45, 2.75) is 12.2 Å². The fourth-order valence-corrected chi connectivity index (χ4v) is 1.63. The second kappa shape index (κ2) is 10.1. The fourth-order valence-electron chi connectivity index (χ4n) is 1.46. The van der Waals surface area contributed by atoms with Gasteiger partial charge >= 0.3 is 0 Å². The SMILES string of the molecule is ClCC1CO1.Oc1ccccc1.c1ccc(OCC2CO2)cc1. The normalized spacial score (nSPS) is 20.2. The van der Waals surface area contributed by atoms with Gasteiger partial charge in [-0.05, 0) is 24.3 Å². The minimum atomic E-state index is 0.322. The first-order valence-electron chi connectivity index (χ1n) is 7.49. The van der Waals surface area contributed by atoms with Crippen LogP contribution in [0.25, 0.3) is 0 Å². The molecular formula is C18H21ClO4. The number of phenols is 1. The molecule has 23 heavy (non-hydrogen) atoms. The van der Waals surface area contributed by atoms with E-state index in [1.165, 1.54) is 0 Å². The summed E-state index contributed by atoms with van der Waals surface area (Å²) in [7, 11) is 0. The number of epoxide rings is 2. The molecule has 2 aliphatic heterocycles. The van der Waals surface area contributed by atoms with Gasteiger partial charge in [-0.15, -0.1) is 11.6 Å². The number of hydrogen-bond acceptors (Lipinski definition) is 4. The number of benzene rings is 2. The average molecular weight is 337 g/mol. The highest BCUT2D eigenvalue weighted by molar-refractivity contribution is 6.18. The summed E-state index contributed by atoms with van der Waals surface area (Å²) in [6, 6.07) is 18.5. The minimum absolute atomic E-state index is 0.322. The molecule has 0 spiro atoms. The van der Waals surface area contributed by atoms with E-state index in [1.807, 2.05) is 36.4 Å². The van der Waals surface area contributed by atoms with Crippen molar-refractivity contribution in [3.05, 3.63) is 60.7 Å². The Balaban J connectivity index is 0.000000137. The molecule has 2 aliphatic rings. The lowest BCUT2D eigenvalue weighted by molar-refractivity contribution is 0.263. The Morgan fingerprint density at radius 1 is 0.913 bits per heavy atom. The van der Waals surface area contributed by atoms with E-state index in [1.54, 1.807) is 24.3 Å². The van der Waals surface area contributed by atoms with Crippen molar-refractivity contribution in [1.29, 1.82) is 0 Å². The van der Waals surface area contributed by atoms with Gasteiger partial charge in [-0.3, -0.25) is 0 Å². The molecule has 2 heterocycles. The molecule has 2 aromatic rings. The topological polar surface area (TPSA) is 54.5 Å². The summed E-state index contributed by atoms with van der Waals surface area (Å²) in [5.41, 5.74) is 0. The number of halogens is 1. The van der Waals surface area contributed by atoms with Crippen molar-refractivity contribution >= 4 is 11.6 Å². The number of rotatable bonds is 4. The Hall–Kier alpha value is -1.75. The number of alkyl halides is 1. The minimum Gasteiger partial charge on any atom is -0.508 e. The number of hydrogen-bond donors (Lipinski definition) is 1. The van der Waals surface area contributed by atoms with E-state index in [9.17, 15) is 0 Å². The maximum atomic E-state index is 8.63. The van der Waals surface area contributed by atoms with Crippen LogP contribution in [0.1, 0.15) is 0 Å². The summed E-state index contributed by atoms with van der Waals surface area (Å²) in [4.78, 5) is 0. The molecule has 0 saturated carbocycles. The van der Waals surface area contributed by atoms with Crippen LogP contribution in [0.2, 0.25) is 0 Å². The summed E-state index contributed by atoms with van der Waals surface area (Å²) < 4.78 is 15.1. The lowest BCUT2D eigenvalue weighted by atomic mass is 10.3. The molecule has 2 saturated heterocycles. The van der Waals surface area contributed by atoms with Crippen molar-refractivity contribution in [2.75, 3.05) is 25.7 Å². The molecule has 0 bridgehead atoms. The Kier molecular flexibility index (Phi) is 7.73. The van der Waals surface area contributed by atoms with Crippen LogP contribution in [-0.4, -0.2) is 43.0 Å². The Morgan fingerprint density at radius 2 is 1.43 bits per heavy atom. The van der Waals surface area contributed by atoms with E-state index in [-0.39, 0.29) is 0 Å². The molecule has 124 valence electrons. The third kappa shape index (κ3) is 9.08. The van der Waals surface area contributed by atoms with Gasteiger partial charge in [-0.1, -0.05) is 36.4 Å². The second-order valence-corrected chi connectivity index (χ2v) is 5.33. The van der Waals surface area contributed by atoms with E-state index in [0.717, 1.165) is 19.0 Å². The zero-order chi connectivity index (χ0) is 16.3. The van der Waals surface area contributed by atoms with E-state index in [0.29, 0.717) is 30.4 Å². The standard InChI is InChI=1S/C9H10O2.C6H6O.C3H5ClO/c1-2-4-8(5-3-1)10-6-9-7-11-9;7-6-4-2-1-3-5-6;4-1-3-2-5-3/h1-5,9H,6-7H2;1-5,7H;3H,1-2H2. The summed E-state index contributed by atoms with van der Waals surface area (Å²) >= 11 is 5.27. The number of phenolic OH excluding ortho intramolecular Hbond substituents is 1. The maximum absolute atomic E-state index is 8.63. The Bertz CT molecular complexity index is 527. The molecular weight excluding hydrogens is 316 g/mol. The number of aromatic hydroxyl groups is 1. The molecule has 0 aliphatic carbocycles. The van der Waals surface area contributed by atoms with Crippen molar-refractivity contribution in [3.63, 3.8) is 0 Å². The molecule has 2 fully saturated rings. The summed E-state index contributed by atoms with van der Waals surface area (Å²) in [6.07, 6.45) is 0.742. The van der Waals surface area contributed by atoms with Crippen LogP contribution < -0.4 is 4.74 Å². The first-order valence-corrected chi connectivity index (χ1v) is 8.02. The Morgan fingerprint density at radius 3 is 1.78 bits per heavy atom. The number of para-hydroxylation sites is 2. The molecule has 4 nitrogen and oxygen atoms in total. The molecule has 0 radical (unpaired) electrons. The highest BCUT2D eigenvalue weighted by Crippen LogP contribution is 2.13. The summed E-state index contributed by atoms with van der Waals surface area (Å²) in [5.74, 6) is 1.91. The van der Waals surface area contributed by atoms with Gasteiger partial charge in [0, 0.05) is 0 Å². The third-order valence-electron chi connectivity index (χ3n) is 2.91. The van der Waals surface area contributed by atoms with Crippen LogP contribution in [0.5, 0.6) is 11.5 Å². The highest BCUT2D eigenvalue weighted by Gasteiger charge is 2.22. The van der Waals surface area contributed by atoms with Crippen molar-refractivity contribution in [2.24, 2.45) is 0 Å². The quantitative estimate of drug-likeness (QED) is 0.686. The first kappa shape index (κ1) is 17.6. The van der Waals surface area contributed by atoms with E-state index in [4.69, 9.17) is 30.9 Å². The van der Waals surface area contributed by atoms with Crippen LogP contribution in [0, 0.1) is 0 Å². The smallest absolute Gasteiger partial charge is 0.119 e. The van der Waals surface area contributed by atoms with Crippen LogP contribution in [0.3, 0.4) is 0 Å². The zero-order valence-electron chi connectivity index (χ0n) is 12.8. The molecule has 1 N–H and O–H groups in total. The van der Waals surface area contributed by atoms with Crippen molar-refractivity contribution < 1.29 is 19.3 Å².